The van der Waals surface area contributed by atoms with Crippen LogP contribution in [0.4, 0.5) is 17.6 Å². The molecule has 4 heterocycles. The van der Waals surface area contributed by atoms with E-state index in [1.807, 2.05) is 29.6 Å². The number of piperidine rings is 1. The summed E-state index contributed by atoms with van der Waals surface area (Å²) in [6.45, 7) is 1.24. The Labute approximate surface area is 237 Å². The third kappa shape index (κ3) is 6.87. The number of carbonyl (C=O) groups is 1. The zero-order chi connectivity index (χ0) is 28.9. The molecule has 1 amide bonds. The van der Waals surface area contributed by atoms with Crippen molar-refractivity contribution in [2.24, 2.45) is 5.16 Å². The van der Waals surface area contributed by atoms with E-state index >= 15 is 0 Å². The first-order valence-electron chi connectivity index (χ1n) is 13.1. The molecule has 0 N–H and O–H groups in total. The molecule has 2 aliphatic rings. The summed E-state index contributed by atoms with van der Waals surface area (Å²) in [6, 6.07) is 8.32. The molecular weight excluding hydrogens is 566 g/mol. The van der Waals surface area contributed by atoms with Crippen molar-refractivity contribution in [2.75, 3.05) is 33.4 Å². The fourth-order valence-corrected chi connectivity index (χ4v) is 5.83. The SMILES string of the molecule is COCCOc1cccc(C2CC(c3csc(C4CCN(C(=O)Cn5nc(C(F)F)cc5C(F)F)CC4)n3)=NO2)c1. The number of carbonyl (C=O) groups excluding carboxylic acids is 1. The molecule has 0 saturated carbocycles. The van der Waals surface area contributed by atoms with Crippen molar-refractivity contribution in [3.63, 3.8) is 0 Å². The fourth-order valence-electron chi connectivity index (χ4n) is 4.83. The van der Waals surface area contributed by atoms with Gasteiger partial charge in [-0.1, -0.05) is 17.3 Å². The van der Waals surface area contributed by atoms with Gasteiger partial charge in [0.05, 0.1) is 17.3 Å². The Morgan fingerprint density at radius 2 is 1.95 bits per heavy atom. The van der Waals surface area contributed by atoms with E-state index in [0.29, 0.717) is 56.3 Å². The van der Waals surface area contributed by atoms with Gasteiger partial charge in [-0.15, -0.1) is 11.3 Å². The van der Waals surface area contributed by atoms with E-state index in [-0.39, 0.29) is 12.0 Å². The number of alkyl halides is 4. The van der Waals surface area contributed by atoms with Crippen LogP contribution in [0.3, 0.4) is 0 Å². The van der Waals surface area contributed by atoms with Gasteiger partial charge >= 0.3 is 0 Å². The smallest absolute Gasteiger partial charge is 0.282 e. The van der Waals surface area contributed by atoms with Crippen molar-refractivity contribution < 1.29 is 36.7 Å². The van der Waals surface area contributed by atoms with Crippen LogP contribution in [0.5, 0.6) is 5.75 Å². The molecule has 0 aliphatic carbocycles. The normalized spacial score (nSPS) is 17.8. The minimum atomic E-state index is -3.01. The van der Waals surface area contributed by atoms with E-state index < -0.39 is 36.7 Å². The lowest BCUT2D eigenvalue weighted by atomic mass is 9.97. The summed E-state index contributed by atoms with van der Waals surface area (Å²) < 4.78 is 63.8. The molecule has 5 rings (SSSR count). The first kappa shape index (κ1) is 29.0. The van der Waals surface area contributed by atoms with Crippen molar-refractivity contribution in [1.29, 1.82) is 0 Å². The molecule has 1 unspecified atom stereocenters. The number of oxime groups is 1. The number of likely N-dealkylation sites (tertiary alicyclic amines) is 1. The summed E-state index contributed by atoms with van der Waals surface area (Å²) in [5.74, 6) is 0.421. The van der Waals surface area contributed by atoms with Crippen LogP contribution in [0.15, 0.2) is 40.9 Å². The Hall–Kier alpha value is -3.52. The van der Waals surface area contributed by atoms with Gasteiger partial charge in [0.25, 0.3) is 12.9 Å². The zero-order valence-electron chi connectivity index (χ0n) is 22.2. The maximum atomic E-state index is 13.3. The molecule has 1 atom stereocenters. The molecule has 0 radical (unpaired) electrons. The molecule has 0 spiro atoms. The average Bonchev–Trinajstić information content (AvgIpc) is 3.73. The Kier molecular flexibility index (Phi) is 9.18. The lowest BCUT2D eigenvalue weighted by Gasteiger charge is -2.31. The van der Waals surface area contributed by atoms with Gasteiger partial charge in [-0.3, -0.25) is 9.48 Å². The van der Waals surface area contributed by atoms with Crippen molar-refractivity contribution in [2.45, 2.75) is 50.7 Å². The van der Waals surface area contributed by atoms with Crippen LogP contribution in [0.25, 0.3) is 0 Å². The minimum Gasteiger partial charge on any atom is -0.491 e. The highest BCUT2D eigenvalue weighted by Crippen LogP contribution is 2.35. The monoisotopic (exact) mass is 595 g/mol. The van der Waals surface area contributed by atoms with Crippen LogP contribution in [0.1, 0.15) is 71.8 Å². The van der Waals surface area contributed by atoms with Crippen molar-refractivity contribution in [3.05, 3.63) is 63.4 Å². The van der Waals surface area contributed by atoms with Crippen molar-refractivity contribution >= 4 is 23.0 Å². The molecule has 1 fully saturated rings. The second-order valence-electron chi connectivity index (χ2n) is 9.73. The summed E-state index contributed by atoms with van der Waals surface area (Å²) in [5, 5.41) is 10.7. The van der Waals surface area contributed by atoms with Gasteiger partial charge in [0, 0.05) is 37.9 Å². The van der Waals surface area contributed by atoms with Gasteiger partial charge in [-0.05, 0) is 36.6 Å². The molecule has 2 aliphatic heterocycles. The van der Waals surface area contributed by atoms with Gasteiger partial charge in [0.15, 0.2) is 6.10 Å². The van der Waals surface area contributed by atoms with Crippen LogP contribution in [-0.2, 0) is 20.9 Å². The zero-order valence-corrected chi connectivity index (χ0v) is 23.0. The van der Waals surface area contributed by atoms with E-state index in [2.05, 4.69) is 10.3 Å². The maximum absolute atomic E-state index is 13.3. The molecule has 41 heavy (non-hydrogen) atoms. The lowest BCUT2D eigenvalue weighted by Crippen LogP contribution is -2.40. The summed E-state index contributed by atoms with van der Waals surface area (Å²) in [4.78, 5) is 24.8. The van der Waals surface area contributed by atoms with Crippen LogP contribution in [0.2, 0.25) is 0 Å². The number of hydrogen-bond donors (Lipinski definition) is 0. The molecule has 1 saturated heterocycles. The summed E-state index contributed by atoms with van der Waals surface area (Å²) in [7, 11) is 1.62. The molecule has 0 bridgehead atoms. The second kappa shape index (κ2) is 13.0. The number of benzene rings is 1. The number of nitrogens with zero attached hydrogens (tertiary/aromatic N) is 5. The molecular formula is C27H29F4N5O4S. The molecule has 2 aromatic heterocycles. The Bertz CT molecular complexity index is 1370. The minimum absolute atomic E-state index is 0.129. The molecule has 1 aromatic carbocycles. The molecule has 3 aromatic rings. The van der Waals surface area contributed by atoms with Gasteiger partial charge < -0.3 is 19.2 Å². The van der Waals surface area contributed by atoms with E-state index in [0.717, 1.165) is 27.7 Å². The third-order valence-corrected chi connectivity index (χ3v) is 8.04. The second-order valence-corrected chi connectivity index (χ2v) is 10.6. The van der Waals surface area contributed by atoms with Crippen LogP contribution < -0.4 is 4.74 Å². The van der Waals surface area contributed by atoms with E-state index in [4.69, 9.17) is 19.3 Å². The predicted molar refractivity (Wildman–Crippen MR) is 142 cm³/mol. The lowest BCUT2D eigenvalue weighted by molar-refractivity contribution is -0.133. The van der Waals surface area contributed by atoms with Crippen LogP contribution in [-0.4, -0.2) is 64.7 Å². The Morgan fingerprint density at radius 1 is 1.15 bits per heavy atom. The van der Waals surface area contributed by atoms with Gasteiger partial charge in [0.1, 0.15) is 36.0 Å². The average molecular weight is 596 g/mol. The highest BCUT2D eigenvalue weighted by molar-refractivity contribution is 7.10. The molecule has 220 valence electrons. The largest absolute Gasteiger partial charge is 0.491 e. The van der Waals surface area contributed by atoms with Crippen LogP contribution >= 0.6 is 11.3 Å². The number of hydrogen-bond acceptors (Lipinski definition) is 8. The van der Waals surface area contributed by atoms with E-state index in [1.165, 1.54) is 11.3 Å². The number of rotatable bonds is 11. The maximum Gasteiger partial charge on any atom is 0.282 e. The first-order valence-corrected chi connectivity index (χ1v) is 14.0. The van der Waals surface area contributed by atoms with Crippen molar-refractivity contribution in [1.82, 2.24) is 19.7 Å². The number of amides is 1. The number of thiazole rings is 1. The highest BCUT2D eigenvalue weighted by atomic mass is 32.1. The number of ether oxygens (including phenoxy) is 2. The summed E-state index contributed by atoms with van der Waals surface area (Å²) >= 11 is 1.53. The number of halogens is 4. The Balaban J connectivity index is 1.14. The topological polar surface area (TPSA) is 91.1 Å². The van der Waals surface area contributed by atoms with Gasteiger partial charge in [-0.2, -0.15) is 5.10 Å². The van der Waals surface area contributed by atoms with E-state index in [1.54, 1.807) is 12.0 Å². The molecule has 14 heteroatoms. The number of aromatic nitrogens is 3. The first-order chi connectivity index (χ1) is 19.8. The summed E-state index contributed by atoms with van der Waals surface area (Å²) in [6.07, 6.45) is -4.39. The van der Waals surface area contributed by atoms with Gasteiger partial charge in [-0.25, -0.2) is 22.5 Å². The van der Waals surface area contributed by atoms with Gasteiger partial charge in [0.2, 0.25) is 5.91 Å². The number of methoxy groups -OCH3 is 1. The summed E-state index contributed by atoms with van der Waals surface area (Å²) in [5.41, 5.74) is 1.01. The Morgan fingerprint density at radius 3 is 2.68 bits per heavy atom. The highest BCUT2D eigenvalue weighted by Gasteiger charge is 2.30. The quantitative estimate of drug-likeness (QED) is 0.215. The van der Waals surface area contributed by atoms with Crippen LogP contribution in [0, 0.1) is 0 Å². The molecule has 9 nitrogen and oxygen atoms in total. The standard InChI is InChI=1S/C27H29F4N5O4S/c1-38-9-10-39-18-4-2-3-17(11-18)23-13-19(34-40-23)21-15-41-27(32-21)16-5-7-35(8-6-16)24(37)14-36-22(26(30)31)12-20(33-36)25(28)29/h2-4,11-12,15-16,23,25-26H,5-10,13-14H2,1H3. The van der Waals surface area contributed by atoms with Crippen molar-refractivity contribution in [3.8, 4) is 5.75 Å². The predicted octanol–water partition coefficient (Wildman–Crippen LogP) is 5.51. The fraction of sp³-hybridized carbons (Fsp3) is 0.481. The third-order valence-electron chi connectivity index (χ3n) is 7.03. The van der Waals surface area contributed by atoms with E-state index in [9.17, 15) is 22.4 Å².